The van der Waals surface area contributed by atoms with Gasteiger partial charge in [0.1, 0.15) is 0 Å². The average Bonchev–Trinajstić information content (AvgIpc) is 2.78. The van der Waals surface area contributed by atoms with Crippen molar-refractivity contribution in [3.8, 4) is 0 Å². The molecule has 1 heterocycles. The molecular weight excluding hydrogens is 240 g/mol. The van der Waals surface area contributed by atoms with Crippen molar-refractivity contribution in [1.82, 2.24) is 4.98 Å². The lowest BCUT2D eigenvalue weighted by Gasteiger charge is -2.39. The topological polar surface area (TPSA) is 38.9 Å². The molecule has 0 radical (unpaired) electrons. The molecule has 1 fully saturated rings. The molecule has 0 amide bonds. The zero-order valence-electron chi connectivity index (χ0n) is 11.7. The Labute approximate surface area is 115 Å². The van der Waals surface area contributed by atoms with Crippen molar-refractivity contribution in [2.24, 2.45) is 17.1 Å². The van der Waals surface area contributed by atoms with Crippen LogP contribution in [0.1, 0.15) is 56.2 Å². The summed E-state index contributed by atoms with van der Waals surface area (Å²) in [7, 11) is 0. The molecule has 1 saturated carbocycles. The highest BCUT2D eigenvalue weighted by atomic mass is 32.1. The van der Waals surface area contributed by atoms with Gasteiger partial charge in [-0.2, -0.15) is 0 Å². The first kappa shape index (κ1) is 14.0. The van der Waals surface area contributed by atoms with Gasteiger partial charge in [0.05, 0.1) is 10.7 Å². The van der Waals surface area contributed by atoms with Gasteiger partial charge in [0.2, 0.25) is 0 Å². The van der Waals surface area contributed by atoms with Crippen LogP contribution in [-0.4, -0.2) is 11.5 Å². The second-order valence-corrected chi connectivity index (χ2v) is 7.03. The number of aromatic nitrogens is 1. The smallest absolute Gasteiger partial charge is 0.0897 e. The van der Waals surface area contributed by atoms with Crippen LogP contribution in [0.4, 0.5) is 0 Å². The van der Waals surface area contributed by atoms with Crippen molar-refractivity contribution in [3.63, 3.8) is 0 Å². The summed E-state index contributed by atoms with van der Waals surface area (Å²) in [6.07, 6.45) is 9.15. The fourth-order valence-electron chi connectivity index (χ4n) is 3.31. The highest BCUT2D eigenvalue weighted by Crippen LogP contribution is 2.42. The van der Waals surface area contributed by atoms with Gasteiger partial charge in [0.25, 0.3) is 0 Å². The Bertz CT molecular complexity index is 364. The minimum Gasteiger partial charge on any atom is -0.330 e. The van der Waals surface area contributed by atoms with Crippen LogP contribution in [0.5, 0.6) is 0 Å². The monoisotopic (exact) mass is 266 g/mol. The highest BCUT2D eigenvalue weighted by Gasteiger charge is 2.34. The van der Waals surface area contributed by atoms with Crippen LogP contribution in [0, 0.1) is 18.3 Å². The number of nitrogens with two attached hydrogens (primary N) is 1. The number of thiazole rings is 1. The van der Waals surface area contributed by atoms with Crippen LogP contribution >= 0.6 is 11.3 Å². The summed E-state index contributed by atoms with van der Waals surface area (Å²) in [5.74, 6) is 0.951. The van der Waals surface area contributed by atoms with Crippen molar-refractivity contribution in [2.75, 3.05) is 6.54 Å². The van der Waals surface area contributed by atoms with Crippen LogP contribution in [0.15, 0.2) is 5.38 Å². The Balaban J connectivity index is 1.96. The zero-order valence-corrected chi connectivity index (χ0v) is 12.6. The van der Waals surface area contributed by atoms with Crippen molar-refractivity contribution in [3.05, 3.63) is 16.1 Å². The van der Waals surface area contributed by atoms with E-state index in [1.807, 2.05) is 0 Å². The summed E-state index contributed by atoms with van der Waals surface area (Å²) in [5, 5.41) is 3.39. The van der Waals surface area contributed by atoms with Crippen LogP contribution in [0.3, 0.4) is 0 Å². The second kappa shape index (κ2) is 6.16. The third-order valence-corrected chi connectivity index (χ3v) is 5.34. The minimum absolute atomic E-state index is 0.338. The van der Waals surface area contributed by atoms with E-state index in [1.165, 1.54) is 49.2 Å². The number of rotatable bonds is 5. The summed E-state index contributed by atoms with van der Waals surface area (Å²) in [6.45, 7) is 5.20. The molecule has 0 aliphatic heterocycles. The predicted octanol–water partition coefficient (Wildman–Crippen LogP) is 3.93. The summed E-state index contributed by atoms with van der Waals surface area (Å²) >= 11 is 1.76. The quantitative estimate of drug-likeness (QED) is 0.877. The molecule has 1 aliphatic carbocycles. The Morgan fingerprint density at radius 2 is 2.17 bits per heavy atom. The minimum atomic E-state index is 0.338. The van der Waals surface area contributed by atoms with Gasteiger partial charge in [-0.25, -0.2) is 4.98 Å². The van der Waals surface area contributed by atoms with Gasteiger partial charge in [0.15, 0.2) is 0 Å². The second-order valence-electron chi connectivity index (χ2n) is 5.97. The van der Waals surface area contributed by atoms with E-state index < -0.39 is 0 Å². The molecular formula is C15H26N2S. The molecule has 0 bridgehead atoms. The van der Waals surface area contributed by atoms with Gasteiger partial charge < -0.3 is 5.73 Å². The van der Waals surface area contributed by atoms with Gasteiger partial charge in [-0.1, -0.05) is 19.8 Å². The molecule has 18 heavy (non-hydrogen) atoms. The molecule has 2 nitrogen and oxygen atoms in total. The molecule has 2 rings (SSSR count). The van der Waals surface area contributed by atoms with Crippen LogP contribution in [0.2, 0.25) is 0 Å². The van der Waals surface area contributed by atoms with E-state index in [9.17, 15) is 0 Å². The lowest BCUT2D eigenvalue weighted by Crippen LogP contribution is -2.37. The molecule has 2 N–H and O–H groups in total. The Kier molecular flexibility index (Phi) is 4.79. The molecule has 1 aromatic rings. The highest BCUT2D eigenvalue weighted by molar-refractivity contribution is 7.09. The maximum atomic E-state index is 6.09. The van der Waals surface area contributed by atoms with Gasteiger partial charge in [-0.3, -0.25) is 0 Å². The Hall–Kier alpha value is -0.410. The molecule has 0 saturated heterocycles. The first-order chi connectivity index (χ1) is 8.67. The maximum Gasteiger partial charge on any atom is 0.0897 e. The summed E-state index contributed by atoms with van der Waals surface area (Å²) in [4.78, 5) is 4.62. The summed E-state index contributed by atoms with van der Waals surface area (Å²) in [5.41, 5.74) is 7.69. The predicted molar refractivity (Wildman–Crippen MR) is 78.9 cm³/mol. The van der Waals surface area contributed by atoms with E-state index in [-0.39, 0.29) is 0 Å². The summed E-state index contributed by atoms with van der Waals surface area (Å²) in [6, 6.07) is 0. The molecule has 0 atom stereocenters. The summed E-state index contributed by atoms with van der Waals surface area (Å²) < 4.78 is 0. The molecule has 0 spiro atoms. The van der Waals surface area contributed by atoms with E-state index in [0.717, 1.165) is 18.9 Å². The van der Waals surface area contributed by atoms with Gasteiger partial charge in [-0.05, 0) is 56.9 Å². The first-order valence-electron chi connectivity index (χ1n) is 7.28. The Morgan fingerprint density at radius 1 is 1.44 bits per heavy atom. The van der Waals surface area contributed by atoms with E-state index in [1.54, 1.807) is 11.3 Å². The van der Waals surface area contributed by atoms with E-state index in [4.69, 9.17) is 5.73 Å². The van der Waals surface area contributed by atoms with Crippen LogP contribution in [-0.2, 0) is 6.42 Å². The van der Waals surface area contributed by atoms with Gasteiger partial charge in [0, 0.05) is 5.38 Å². The number of aryl methyl sites for hydroxylation is 1. The van der Waals surface area contributed by atoms with Crippen LogP contribution < -0.4 is 5.73 Å². The van der Waals surface area contributed by atoms with E-state index >= 15 is 0 Å². The average molecular weight is 266 g/mol. The zero-order chi connectivity index (χ0) is 13.0. The number of hydrogen-bond donors (Lipinski definition) is 1. The fraction of sp³-hybridized carbons (Fsp3) is 0.800. The largest absolute Gasteiger partial charge is 0.330 e. The lowest BCUT2D eigenvalue weighted by molar-refractivity contribution is 0.149. The normalized spacial score (nSPS) is 28.5. The molecule has 0 unspecified atom stereocenters. The van der Waals surface area contributed by atoms with Gasteiger partial charge in [-0.15, -0.1) is 11.3 Å². The Morgan fingerprint density at radius 3 is 2.67 bits per heavy atom. The van der Waals surface area contributed by atoms with Crippen molar-refractivity contribution < 1.29 is 0 Å². The van der Waals surface area contributed by atoms with Crippen molar-refractivity contribution in [2.45, 2.75) is 58.8 Å². The van der Waals surface area contributed by atoms with E-state index in [2.05, 4.69) is 24.2 Å². The first-order valence-corrected chi connectivity index (χ1v) is 8.16. The lowest BCUT2D eigenvalue weighted by atomic mass is 9.67. The van der Waals surface area contributed by atoms with Crippen LogP contribution in [0.25, 0.3) is 0 Å². The number of nitrogens with zero attached hydrogens (tertiary/aromatic N) is 1. The SMILES string of the molecule is CCCC1CCC(CN)(Cc2csc(C)n2)CC1. The molecule has 102 valence electrons. The molecule has 1 aliphatic rings. The fourth-order valence-corrected chi connectivity index (χ4v) is 3.93. The van der Waals surface area contributed by atoms with Crippen molar-refractivity contribution in [1.29, 1.82) is 0 Å². The number of hydrogen-bond acceptors (Lipinski definition) is 3. The third kappa shape index (κ3) is 3.33. The molecule has 3 heteroatoms. The van der Waals surface area contributed by atoms with Crippen molar-refractivity contribution >= 4 is 11.3 Å². The molecule has 0 aromatic carbocycles. The maximum absolute atomic E-state index is 6.09. The standard InChI is InChI=1S/C15H26N2S/c1-3-4-13-5-7-15(11-16,8-6-13)9-14-10-18-12(2)17-14/h10,13H,3-9,11,16H2,1-2H3. The third-order valence-electron chi connectivity index (χ3n) is 4.52. The molecule has 1 aromatic heterocycles. The van der Waals surface area contributed by atoms with Gasteiger partial charge >= 0.3 is 0 Å². The van der Waals surface area contributed by atoms with E-state index in [0.29, 0.717) is 5.41 Å².